The number of hydrogen-bond acceptors (Lipinski definition) is 0. The first kappa shape index (κ1) is 11.3. The normalized spacial score (nSPS) is 26.4. The zero-order chi connectivity index (χ0) is 9.80. The minimum atomic E-state index is 1.01. The SMILES string of the molecule is IB(C1CCCCC1)C1CCCCC1. The van der Waals surface area contributed by atoms with Gasteiger partial charge < -0.3 is 0 Å². The summed E-state index contributed by atoms with van der Waals surface area (Å²) in [6.07, 6.45) is 15.2. The van der Waals surface area contributed by atoms with Gasteiger partial charge in [-0.2, -0.15) is 0 Å². The lowest BCUT2D eigenvalue weighted by molar-refractivity contribution is 0.469. The van der Waals surface area contributed by atoms with Gasteiger partial charge in [-0.1, -0.05) is 75.8 Å². The fourth-order valence-electron chi connectivity index (χ4n) is 3.29. The van der Waals surface area contributed by atoms with E-state index < -0.39 is 0 Å². The third-order valence-corrected chi connectivity index (χ3v) is 6.23. The van der Waals surface area contributed by atoms with Crippen LogP contribution in [0.2, 0.25) is 11.6 Å². The first-order valence-electron chi connectivity index (χ1n) is 6.52. The lowest BCUT2D eigenvalue weighted by atomic mass is 9.48. The number of hydrogen-bond donors (Lipinski definition) is 0. The Bertz CT molecular complexity index is 142. The van der Waals surface area contributed by atoms with Crippen LogP contribution in [0, 0.1) is 0 Å². The van der Waals surface area contributed by atoms with Crippen molar-refractivity contribution in [3.05, 3.63) is 0 Å². The predicted octanol–water partition coefficient (Wildman–Crippen LogP) is 5.08. The molecule has 2 saturated carbocycles. The molecule has 0 aromatic carbocycles. The van der Waals surface area contributed by atoms with E-state index in [-0.39, 0.29) is 0 Å². The monoisotopic (exact) mass is 304 g/mol. The molecule has 0 saturated heterocycles. The average molecular weight is 304 g/mol. The fraction of sp³-hybridized carbons (Fsp3) is 1.00. The van der Waals surface area contributed by atoms with Crippen LogP contribution < -0.4 is 0 Å². The van der Waals surface area contributed by atoms with E-state index in [0.29, 0.717) is 0 Å². The van der Waals surface area contributed by atoms with Crippen LogP contribution in [0.25, 0.3) is 0 Å². The van der Waals surface area contributed by atoms with E-state index in [1.54, 1.807) is 0 Å². The summed E-state index contributed by atoms with van der Waals surface area (Å²) in [4.78, 5) is 0. The van der Waals surface area contributed by atoms with Gasteiger partial charge in [0.1, 0.15) is 0 Å². The maximum atomic E-state index is 2.78. The molecule has 2 heteroatoms. The largest absolute Gasteiger partial charge is 0.224 e. The van der Waals surface area contributed by atoms with Gasteiger partial charge >= 0.3 is 0 Å². The summed E-state index contributed by atoms with van der Waals surface area (Å²) in [6.45, 7) is 0. The van der Waals surface area contributed by atoms with Gasteiger partial charge in [0.25, 0.3) is 0 Å². The van der Waals surface area contributed by atoms with Gasteiger partial charge in [-0.05, 0) is 0 Å². The van der Waals surface area contributed by atoms with Crippen molar-refractivity contribution in [2.24, 2.45) is 0 Å². The molecular weight excluding hydrogens is 282 g/mol. The number of halogens is 1. The smallest absolute Gasteiger partial charge is 0.149 e. The highest BCUT2D eigenvalue weighted by Crippen LogP contribution is 2.43. The summed E-state index contributed by atoms with van der Waals surface area (Å²) in [5.41, 5.74) is 0. The average Bonchev–Trinajstić information content (AvgIpc) is 2.30. The van der Waals surface area contributed by atoms with Crippen molar-refractivity contribution < 1.29 is 0 Å². The van der Waals surface area contributed by atoms with Gasteiger partial charge in [0.2, 0.25) is 4.57 Å². The van der Waals surface area contributed by atoms with Crippen molar-refractivity contribution in [1.82, 2.24) is 0 Å². The van der Waals surface area contributed by atoms with Crippen molar-refractivity contribution in [2.75, 3.05) is 0 Å². The van der Waals surface area contributed by atoms with Crippen molar-refractivity contribution in [3.8, 4) is 0 Å². The Morgan fingerprint density at radius 1 is 0.643 bits per heavy atom. The van der Waals surface area contributed by atoms with Crippen LogP contribution in [0.4, 0.5) is 0 Å². The quantitative estimate of drug-likeness (QED) is 0.493. The van der Waals surface area contributed by atoms with E-state index in [0.717, 1.165) is 16.2 Å². The number of rotatable bonds is 2. The second kappa shape index (κ2) is 5.76. The highest BCUT2D eigenvalue weighted by Gasteiger charge is 2.32. The van der Waals surface area contributed by atoms with Gasteiger partial charge in [-0.15, -0.1) is 22.4 Å². The first-order valence-corrected chi connectivity index (χ1v) is 7.76. The van der Waals surface area contributed by atoms with Crippen LogP contribution in [0.5, 0.6) is 0 Å². The molecule has 0 unspecified atom stereocenters. The zero-order valence-corrected chi connectivity index (χ0v) is 11.3. The Hall–Kier alpha value is 0.795. The van der Waals surface area contributed by atoms with Gasteiger partial charge in [0, 0.05) is 0 Å². The van der Waals surface area contributed by atoms with Crippen LogP contribution in [-0.2, 0) is 0 Å². The van der Waals surface area contributed by atoms with Gasteiger partial charge in [0.05, 0.1) is 0 Å². The first-order chi connectivity index (χ1) is 6.88. The van der Waals surface area contributed by atoms with Crippen molar-refractivity contribution in [1.29, 1.82) is 0 Å². The molecule has 2 aliphatic carbocycles. The molecule has 0 aromatic rings. The van der Waals surface area contributed by atoms with Crippen molar-refractivity contribution in [2.45, 2.75) is 75.8 Å². The zero-order valence-electron chi connectivity index (χ0n) is 9.18. The maximum absolute atomic E-state index is 2.78. The van der Waals surface area contributed by atoms with E-state index in [1.807, 2.05) is 0 Å². The van der Waals surface area contributed by atoms with Crippen LogP contribution in [-0.4, -0.2) is 4.57 Å². The topological polar surface area (TPSA) is 0 Å². The summed E-state index contributed by atoms with van der Waals surface area (Å²) in [5.74, 6) is 2.15. The molecule has 0 radical (unpaired) electrons. The molecule has 2 aliphatic rings. The molecule has 2 fully saturated rings. The van der Waals surface area contributed by atoms with Crippen molar-refractivity contribution >= 4 is 26.9 Å². The molecule has 2 rings (SSSR count). The summed E-state index contributed by atoms with van der Waals surface area (Å²) in [6, 6.07) is 0. The molecule has 0 amide bonds. The maximum Gasteiger partial charge on any atom is 0.224 e. The Morgan fingerprint density at radius 3 is 1.36 bits per heavy atom. The van der Waals surface area contributed by atoms with E-state index in [2.05, 4.69) is 22.4 Å². The molecule has 0 N–H and O–H groups in total. The lowest BCUT2D eigenvalue weighted by Gasteiger charge is -2.32. The molecule has 0 aromatic heterocycles. The molecule has 0 aliphatic heterocycles. The van der Waals surface area contributed by atoms with Crippen LogP contribution in [0.15, 0.2) is 0 Å². The van der Waals surface area contributed by atoms with Gasteiger partial charge in [-0.3, -0.25) is 0 Å². The third-order valence-electron chi connectivity index (χ3n) is 4.20. The van der Waals surface area contributed by atoms with E-state index >= 15 is 0 Å². The fourth-order valence-corrected chi connectivity index (χ4v) is 4.73. The molecule has 0 spiro atoms. The van der Waals surface area contributed by atoms with Crippen molar-refractivity contribution in [3.63, 3.8) is 0 Å². The van der Waals surface area contributed by atoms with E-state index in [1.165, 1.54) is 64.2 Å². The standard InChI is InChI=1S/C12H22BI/c14-13(11-7-3-1-4-8-11)12-9-5-2-6-10-12/h11-12H,1-10H2. The molecule has 0 atom stereocenters. The van der Waals surface area contributed by atoms with Gasteiger partial charge in [-0.25, -0.2) is 0 Å². The Balaban J connectivity index is 1.82. The van der Waals surface area contributed by atoms with Gasteiger partial charge in [0.15, 0.2) is 0 Å². The highest BCUT2D eigenvalue weighted by atomic mass is 127. The minimum absolute atomic E-state index is 1.01. The molecule has 0 heterocycles. The molecule has 80 valence electrons. The predicted molar refractivity (Wildman–Crippen MR) is 73.4 cm³/mol. The Morgan fingerprint density at radius 2 is 1.00 bits per heavy atom. The highest BCUT2D eigenvalue weighted by molar-refractivity contribution is 14.1. The summed E-state index contributed by atoms with van der Waals surface area (Å²) < 4.78 is 1.01. The van der Waals surface area contributed by atoms with E-state index in [9.17, 15) is 0 Å². The Labute approximate surface area is 103 Å². The molecule has 0 nitrogen and oxygen atoms in total. The second-order valence-corrected chi connectivity index (χ2v) is 6.68. The minimum Gasteiger partial charge on any atom is -0.149 e. The van der Waals surface area contributed by atoms with Crippen LogP contribution in [0.3, 0.4) is 0 Å². The molecular formula is C12H22BI. The lowest BCUT2D eigenvalue weighted by Crippen LogP contribution is -2.24. The molecule has 0 bridgehead atoms. The summed E-state index contributed by atoms with van der Waals surface area (Å²) in [5, 5.41) is 0. The Kier molecular flexibility index (Phi) is 4.65. The van der Waals surface area contributed by atoms with Crippen LogP contribution >= 0.6 is 22.4 Å². The summed E-state index contributed by atoms with van der Waals surface area (Å²) in [7, 11) is 0. The van der Waals surface area contributed by atoms with Crippen LogP contribution in [0.1, 0.15) is 64.2 Å². The second-order valence-electron chi connectivity index (χ2n) is 5.24. The third kappa shape index (κ3) is 2.90. The van der Waals surface area contributed by atoms with E-state index in [4.69, 9.17) is 0 Å². The molecule has 14 heavy (non-hydrogen) atoms. The summed E-state index contributed by atoms with van der Waals surface area (Å²) >= 11 is 2.78.